The number of allylic oxidation sites excluding steroid dienone is 1. The van der Waals surface area contributed by atoms with Crippen LogP contribution < -0.4 is 16.2 Å². The predicted molar refractivity (Wildman–Crippen MR) is 145 cm³/mol. The van der Waals surface area contributed by atoms with E-state index < -0.39 is 29.4 Å². The van der Waals surface area contributed by atoms with Crippen LogP contribution in [0.4, 0.5) is 14.9 Å². The molecular formula is C27H32FN7O5. The van der Waals surface area contributed by atoms with Crippen LogP contribution >= 0.6 is 0 Å². The first-order valence-electron chi connectivity index (χ1n) is 12.9. The zero-order valence-corrected chi connectivity index (χ0v) is 22.6. The summed E-state index contributed by atoms with van der Waals surface area (Å²) < 4.78 is 21.8. The van der Waals surface area contributed by atoms with Gasteiger partial charge in [-0.25, -0.2) is 19.2 Å². The van der Waals surface area contributed by atoms with Crippen molar-refractivity contribution in [2.75, 3.05) is 26.5 Å². The van der Waals surface area contributed by atoms with Crippen molar-refractivity contribution in [2.24, 2.45) is 5.92 Å². The topological polar surface area (TPSA) is 140 Å². The van der Waals surface area contributed by atoms with Crippen LogP contribution in [0.5, 0.6) is 0 Å². The number of amides is 3. The smallest absolute Gasteiger partial charge is 0.407 e. The molecule has 1 saturated carbocycles. The van der Waals surface area contributed by atoms with Crippen LogP contribution in [0.15, 0.2) is 47.7 Å². The summed E-state index contributed by atoms with van der Waals surface area (Å²) in [4.78, 5) is 60.0. The van der Waals surface area contributed by atoms with Crippen LogP contribution in [-0.4, -0.2) is 69.2 Å². The number of hydrogen-bond donors (Lipinski definition) is 2. The van der Waals surface area contributed by atoms with Gasteiger partial charge in [-0.15, -0.1) is 0 Å². The Labute approximate surface area is 229 Å². The van der Waals surface area contributed by atoms with E-state index in [2.05, 4.69) is 25.3 Å². The molecule has 2 N–H and O–H groups in total. The molecular weight excluding hydrogens is 521 g/mol. The van der Waals surface area contributed by atoms with Crippen LogP contribution in [0.1, 0.15) is 31.5 Å². The summed E-state index contributed by atoms with van der Waals surface area (Å²) in [5.41, 5.74) is 0.678. The number of nitrogens with zero attached hydrogens (tertiary/aromatic N) is 5. The van der Waals surface area contributed by atoms with E-state index in [1.54, 1.807) is 26.2 Å². The average Bonchev–Trinajstić information content (AvgIpc) is 3.68. The normalized spacial score (nSPS) is 13.8. The quantitative estimate of drug-likeness (QED) is 0.347. The summed E-state index contributed by atoms with van der Waals surface area (Å²) in [7, 11) is 4.40. The number of nitrogens with one attached hydrogen (secondary N) is 2. The molecule has 0 radical (unpaired) electrons. The van der Waals surface area contributed by atoms with Gasteiger partial charge in [0.2, 0.25) is 11.8 Å². The predicted octanol–water partition coefficient (Wildman–Crippen LogP) is 2.28. The van der Waals surface area contributed by atoms with Gasteiger partial charge in [0.1, 0.15) is 23.4 Å². The van der Waals surface area contributed by atoms with Crippen molar-refractivity contribution in [3.8, 4) is 0 Å². The van der Waals surface area contributed by atoms with Gasteiger partial charge in [0.25, 0.3) is 5.56 Å². The monoisotopic (exact) mass is 553 g/mol. The summed E-state index contributed by atoms with van der Waals surface area (Å²) in [5, 5.41) is 4.99. The Morgan fingerprint density at radius 3 is 2.75 bits per heavy atom. The van der Waals surface area contributed by atoms with Crippen molar-refractivity contribution in [1.82, 2.24) is 29.3 Å². The summed E-state index contributed by atoms with van der Waals surface area (Å²) in [6.07, 6.45) is 7.38. The number of likely N-dealkylation sites (N-methyl/N-ethyl adjacent to an activating group) is 1. The lowest BCUT2D eigenvalue weighted by Gasteiger charge is -2.17. The second-order valence-corrected chi connectivity index (χ2v) is 9.85. The van der Waals surface area contributed by atoms with E-state index in [-0.39, 0.29) is 24.6 Å². The molecule has 2 aromatic heterocycles. The van der Waals surface area contributed by atoms with Gasteiger partial charge < -0.3 is 24.8 Å². The van der Waals surface area contributed by atoms with Crippen LogP contribution in [0.25, 0.3) is 11.0 Å². The number of aromatic nitrogens is 4. The van der Waals surface area contributed by atoms with E-state index in [0.717, 1.165) is 18.4 Å². The van der Waals surface area contributed by atoms with Gasteiger partial charge in [0.05, 0.1) is 37.2 Å². The van der Waals surface area contributed by atoms with E-state index in [4.69, 9.17) is 0 Å². The molecule has 3 amide bonds. The third-order valence-corrected chi connectivity index (χ3v) is 6.51. The number of fused-ring (bicyclic) bond motifs is 1. The van der Waals surface area contributed by atoms with Crippen LogP contribution in [-0.2, 0) is 27.4 Å². The lowest BCUT2D eigenvalue weighted by Crippen LogP contribution is -2.44. The molecule has 3 aromatic rings. The highest BCUT2D eigenvalue weighted by Crippen LogP contribution is 2.32. The molecule has 0 spiro atoms. The molecule has 1 fully saturated rings. The number of alkyl carbamates (subject to hydrolysis) is 1. The van der Waals surface area contributed by atoms with Crippen LogP contribution in [0, 0.1) is 11.7 Å². The molecule has 40 heavy (non-hydrogen) atoms. The molecule has 0 bridgehead atoms. The molecule has 12 nitrogen and oxygen atoms in total. The van der Waals surface area contributed by atoms with Gasteiger partial charge in [-0.2, -0.15) is 0 Å². The van der Waals surface area contributed by atoms with Gasteiger partial charge in [-0.05, 0) is 49.8 Å². The number of halogens is 1. The summed E-state index contributed by atoms with van der Waals surface area (Å²) in [6.45, 7) is 0.776. The zero-order chi connectivity index (χ0) is 28.8. The van der Waals surface area contributed by atoms with Crippen molar-refractivity contribution in [3.63, 3.8) is 0 Å². The number of anilines is 1. The maximum atomic E-state index is 13.8. The number of carbonyl (C=O) groups excluding carboxylic acids is 3. The fourth-order valence-electron chi connectivity index (χ4n) is 4.12. The molecule has 1 atom stereocenters. The second kappa shape index (κ2) is 12.5. The number of methoxy groups -OCH3 is 1. The van der Waals surface area contributed by atoms with Crippen molar-refractivity contribution in [2.45, 2.75) is 44.8 Å². The molecule has 1 aromatic carbocycles. The van der Waals surface area contributed by atoms with E-state index in [1.165, 1.54) is 47.3 Å². The Kier molecular flexibility index (Phi) is 8.92. The van der Waals surface area contributed by atoms with E-state index in [9.17, 15) is 23.6 Å². The van der Waals surface area contributed by atoms with Gasteiger partial charge in [-0.1, -0.05) is 6.08 Å². The SMILES string of the molecule is COC(=O)N[C@@H](CC/C=C/C(=O)N(C)C)C(=O)Nc1cncn(Cc2nc3cc(F)ccc3n2CC2CC2)c1=O. The number of benzene rings is 1. The maximum absolute atomic E-state index is 13.8. The largest absolute Gasteiger partial charge is 0.453 e. The number of imidazole rings is 1. The molecule has 1 aliphatic carbocycles. The minimum atomic E-state index is -1.04. The minimum Gasteiger partial charge on any atom is -0.453 e. The molecule has 212 valence electrons. The van der Waals surface area contributed by atoms with Crippen molar-refractivity contribution in [1.29, 1.82) is 0 Å². The molecule has 4 rings (SSSR count). The Balaban J connectivity index is 1.52. The third kappa shape index (κ3) is 7.10. The molecule has 0 aliphatic heterocycles. The van der Waals surface area contributed by atoms with E-state index in [0.29, 0.717) is 30.2 Å². The van der Waals surface area contributed by atoms with Gasteiger partial charge in [0.15, 0.2) is 0 Å². The first kappa shape index (κ1) is 28.5. The number of ether oxygens (including phenoxy) is 1. The maximum Gasteiger partial charge on any atom is 0.407 e. The zero-order valence-electron chi connectivity index (χ0n) is 22.6. The number of hydrogen-bond acceptors (Lipinski definition) is 7. The highest BCUT2D eigenvalue weighted by atomic mass is 19.1. The molecule has 0 unspecified atom stereocenters. The first-order valence-corrected chi connectivity index (χ1v) is 12.9. The van der Waals surface area contributed by atoms with Crippen molar-refractivity contribution < 1.29 is 23.5 Å². The minimum absolute atomic E-state index is 0.0626. The van der Waals surface area contributed by atoms with Gasteiger partial charge >= 0.3 is 6.09 Å². The highest BCUT2D eigenvalue weighted by Gasteiger charge is 2.25. The average molecular weight is 554 g/mol. The molecule has 1 aliphatic rings. The third-order valence-electron chi connectivity index (χ3n) is 6.51. The molecule has 13 heteroatoms. The highest BCUT2D eigenvalue weighted by molar-refractivity contribution is 5.96. The lowest BCUT2D eigenvalue weighted by atomic mass is 10.1. The Bertz CT molecular complexity index is 1490. The van der Waals surface area contributed by atoms with E-state index in [1.807, 2.05) is 4.57 Å². The molecule has 0 saturated heterocycles. The van der Waals surface area contributed by atoms with E-state index >= 15 is 0 Å². The molecule has 2 heterocycles. The Morgan fingerprint density at radius 1 is 1.27 bits per heavy atom. The summed E-state index contributed by atoms with van der Waals surface area (Å²) in [6, 6.07) is 3.38. The number of carbonyl (C=O) groups is 3. The van der Waals surface area contributed by atoms with Crippen molar-refractivity contribution in [3.05, 3.63) is 64.9 Å². The van der Waals surface area contributed by atoms with Crippen molar-refractivity contribution >= 4 is 34.6 Å². The summed E-state index contributed by atoms with van der Waals surface area (Å²) in [5.74, 6) is -0.172. The first-order chi connectivity index (χ1) is 19.2. The van der Waals surface area contributed by atoms with Gasteiger partial charge in [-0.3, -0.25) is 19.0 Å². The lowest BCUT2D eigenvalue weighted by molar-refractivity contribution is -0.123. The Morgan fingerprint density at radius 2 is 2.05 bits per heavy atom. The van der Waals surface area contributed by atoms with Crippen LogP contribution in [0.3, 0.4) is 0 Å². The fraction of sp³-hybridized carbons (Fsp3) is 0.407. The van der Waals surface area contributed by atoms with Crippen LogP contribution in [0.2, 0.25) is 0 Å². The fourth-order valence-corrected chi connectivity index (χ4v) is 4.12. The van der Waals surface area contributed by atoms with Gasteiger partial charge in [0, 0.05) is 26.7 Å². The Hall–Kier alpha value is -4.55. The number of rotatable bonds is 11. The summed E-state index contributed by atoms with van der Waals surface area (Å²) >= 11 is 0. The second-order valence-electron chi connectivity index (χ2n) is 9.85. The standard InChI is InChI=1S/C27H32FN7O5/c1-33(2)24(36)7-5-4-6-19(32-27(39)40-3)25(37)31-21-13-29-16-34(26(21)38)15-23-30-20-12-18(28)10-11-22(20)35(23)14-17-8-9-17/h5,7,10-13,16-17,19H,4,6,8-9,14-15H2,1-3H3,(H,31,37)(H,32,39)/b7-5+/t19-/m0/s1.